The first kappa shape index (κ1) is 21.3. The highest BCUT2D eigenvalue weighted by atomic mass is 19.4. The minimum Gasteiger partial charge on any atom is -0.384 e. The summed E-state index contributed by atoms with van der Waals surface area (Å²) in [7, 11) is 0. The number of anilines is 2. The summed E-state index contributed by atoms with van der Waals surface area (Å²) >= 11 is 0. The highest BCUT2D eigenvalue weighted by Gasteiger charge is 2.34. The second kappa shape index (κ2) is 8.66. The van der Waals surface area contributed by atoms with E-state index >= 15 is 0 Å². The van der Waals surface area contributed by atoms with Gasteiger partial charge in [-0.05, 0) is 54.7 Å². The Kier molecular flexibility index (Phi) is 5.95. The van der Waals surface area contributed by atoms with E-state index in [4.69, 9.17) is 4.74 Å². The van der Waals surface area contributed by atoms with E-state index in [9.17, 15) is 22.4 Å². The first-order valence-corrected chi connectivity index (χ1v) is 9.98. The van der Waals surface area contributed by atoms with Crippen LogP contribution in [0.15, 0.2) is 41.4 Å². The molecule has 5 nitrogen and oxygen atoms in total. The van der Waals surface area contributed by atoms with Crippen molar-refractivity contribution in [1.29, 1.82) is 0 Å². The van der Waals surface area contributed by atoms with E-state index in [0.717, 1.165) is 18.9 Å². The van der Waals surface area contributed by atoms with Crippen LogP contribution in [0, 0.1) is 11.7 Å². The van der Waals surface area contributed by atoms with Gasteiger partial charge in [0.05, 0.1) is 11.3 Å². The molecular formula is C22H21F4N3O2. The molecule has 0 radical (unpaired) electrons. The molecule has 2 aliphatic heterocycles. The van der Waals surface area contributed by atoms with Gasteiger partial charge in [-0.15, -0.1) is 0 Å². The lowest BCUT2D eigenvalue weighted by Gasteiger charge is -2.23. The van der Waals surface area contributed by atoms with E-state index in [0.29, 0.717) is 31.0 Å². The molecule has 1 atom stereocenters. The number of amides is 1. The molecule has 2 heterocycles. The number of ether oxygens (including phenoxy) is 1. The molecule has 0 aliphatic carbocycles. The molecule has 4 rings (SSSR count). The summed E-state index contributed by atoms with van der Waals surface area (Å²) in [6.07, 6.45) is -1.65. The number of nitrogens with zero attached hydrogens (tertiary/aromatic N) is 1. The van der Waals surface area contributed by atoms with Crippen molar-refractivity contribution in [1.82, 2.24) is 0 Å². The molecule has 1 saturated heterocycles. The highest BCUT2D eigenvalue weighted by molar-refractivity contribution is 6.12. The maximum atomic E-state index is 13.6. The van der Waals surface area contributed by atoms with Gasteiger partial charge in [-0.3, -0.25) is 9.79 Å². The first-order valence-electron chi connectivity index (χ1n) is 9.98. The van der Waals surface area contributed by atoms with Crippen LogP contribution in [-0.2, 0) is 15.7 Å². The average molecular weight is 435 g/mol. The fourth-order valence-electron chi connectivity index (χ4n) is 3.77. The van der Waals surface area contributed by atoms with Gasteiger partial charge in [0, 0.05) is 37.3 Å². The topological polar surface area (TPSA) is 62.7 Å². The Morgan fingerprint density at radius 3 is 2.68 bits per heavy atom. The zero-order valence-electron chi connectivity index (χ0n) is 16.5. The van der Waals surface area contributed by atoms with E-state index in [-0.39, 0.29) is 17.3 Å². The van der Waals surface area contributed by atoms with Gasteiger partial charge in [0.1, 0.15) is 11.7 Å². The zero-order chi connectivity index (χ0) is 22.0. The molecule has 2 aromatic rings. The molecular weight excluding hydrogens is 414 g/mol. The van der Waals surface area contributed by atoms with Crippen molar-refractivity contribution < 1.29 is 27.1 Å². The van der Waals surface area contributed by atoms with Crippen LogP contribution in [0.2, 0.25) is 0 Å². The van der Waals surface area contributed by atoms with Crippen molar-refractivity contribution in [2.75, 3.05) is 30.4 Å². The lowest BCUT2D eigenvalue weighted by molar-refractivity contribution is -0.137. The Morgan fingerprint density at radius 1 is 1.16 bits per heavy atom. The Labute approximate surface area is 176 Å². The molecule has 2 N–H and O–H groups in total. The molecule has 2 aliphatic rings. The van der Waals surface area contributed by atoms with Gasteiger partial charge in [-0.25, -0.2) is 4.39 Å². The van der Waals surface area contributed by atoms with Crippen molar-refractivity contribution in [2.24, 2.45) is 10.9 Å². The summed E-state index contributed by atoms with van der Waals surface area (Å²) in [5, 5.41) is 5.46. The van der Waals surface area contributed by atoms with E-state index in [1.807, 2.05) is 0 Å². The van der Waals surface area contributed by atoms with E-state index in [1.54, 1.807) is 0 Å². The van der Waals surface area contributed by atoms with Gasteiger partial charge in [0.15, 0.2) is 0 Å². The van der Waals surface area contributed by atoms with Crippen LogP contribution in [0.5, 0.6) is 0 Å². The predicted molar refractivity (Wildman–Crippen MR) is 109 cm³/mol. The fourth-order valence-corrected chi connectivity index (χ4v) is 3.77. The van der Waals surface area contributed by atoms with Crippen molar-refractivity contribution in [3.63, 3.8) is 0 Å². The van der Waals surface area contributed by atoms with Gasteiger partial charge in [0.2, 0.25) is 5.91 Å². The number of nitrogens with one attached hydrogen (secondary N) is 2. The summed E-state index contributed by atoms with van der Waals surface area (Å²) < 4.78 is 59.5. The standard InChI is InChI=1S/C22H21F4N3O2/c23-14-1-3-16-17(21(30)29-20(16)9-14)12-27-15-2-4-19(18(10-15)22(24,25)26)28-11-13-5-7-31-8-6-13/h1-4,9-10,12-13,17,28H,5-8,11H2,(H,29,30). The highest BCUT2D eigenvalue weighted by Crippen LogP contribution is 2.38. The third-order valence-corrected chi connectivity index (χ3v) is 5.49. The van der Waals surface area contributed by atoms with Crippen LogP contribution in [0.1, 0.15) is 29.9 Å². The molecule has 0 saturated carbocycles. The first-order chi connectivity index (χ1) is 14.8. The van der Waals surface area contributed by atoms with Crippen LogP contribution in [0.3, 0.4) is 0 Å². The number of halogens is 4. The van der Waals surface area contributed by atoms with Crippen LogP contribution in [-0.4, -0.2) is 31.9 Å². The monoisotopic (exact) mass is 435 g/mol. The summed E-state index contributed by atoms with van der Waals surface area (Å²) in [5.41, 5.74) is 0.128. The van der Waals surface area contributed by atoms with E-state index in [1.165, 1.54) is 36.5 Å². The SMILES string of the molecule is O=C1Nc2cc(F)ccc2C1C=Nc1ccc(NCC2CCOCC2)c(C(F)(F)F)c1. The second-order valence-corrected chi connectivity index (χ2v) is 7.64. The number of fused-ring (bicyclic) bond motifs is 1. The van der Waals surface area contributed by atoms with Gasteiger partial charge >= 0.3 is 6.18 Å². The molecule has 9 heteroatoms. The molecule has 0 aromatic heterocycles. The van der Waals surface area contributed by atoms with Crippen LogP contribution in [0.4, 0.5) is 34.6 Å². The number of hydrogen-bond acceptors (Lipinski definition) is 4. The number of carbonyl (C=O) groups is 1. The molecule has 1 fully saturated rings. The summed E-state index contributed by atoms with van der Waals surface area (Å²) in [6, 6.07) is 7.66. The molecule has 2 aromatic carbocycles. The lowest BCUT2D eigenvalue weighted by Crippen LogP contribution is -2.23. The number of benzene rings is 2. The number of alkyl halides is 3. The maximum Gasteiger partial charge on any atom is 0.418 e. The Balaban J connectivity index is 1.53. The third-order valence-electron chi connectivity index (χ3n) is 5.49. The lowest BCUT2D eigenvalue weighted by atomic mass is 10.00. The average Bonchev–Trinajstić information content (AvgIpc) is 3.05. The maximum absolute atomic E-state index is 13.6. The summed E-state index contributed by atoms with van der Waals surface area (Å²) in [5.74, 6) is -1.43. The molecule has 31 heavy (non-hydrogen) atoms. The van der Waals surface area contributed by atoms with Crippen LogP contribution >= 0.6 is 0 Å². The quantitative estimate of drug-likeness (QED) is 0.506. The van der Waals surface area contributed by atoms with Gasteiger partial charge in [-0.1, -0.05) is 6.07 Å². The normalized spacial score (nSPS) is 19.5. The Morgan fingerprint density at radius 2 is 1.94 bits per heavy atom. The largest absolute Gasteiger partial charge is 0.418 e. The zero-order valence-corrected chi connectivity index (χ0v) is 16.5. The number of rotatable bonds is 5. The van der Waals surface area contributed by atoms with Crippen molar-refractivity contribution in [3.05, 3.63) is 53.3 Å². The Hall–Kier alpha value is -2.94. The minimum absolute atomic E-state index is 0.00243. The molecule has 1 unspecified atom stereocenters. The van der Waals surface area contributed by atoms with Crippen LogP contribution < -0.4 is 10.6 Å². The second-order valence-electron chi connectivity index (χ2n) is 7.64. The summed E-state index contributed by atoms with van der Waals surface area (Å²) in [6.45, 7) is 1.68. The predicted octanol–water partition coefficient (Wildman–Crippen LogP) is 5.12. The molecule has 0 bridgehead atoms. The molecule has 164 valence electrons. The number of aliphatic imine (C=N–C) groups is 1. The third kappa shape index (κ3) is 4.87. The molecule has 0 spiro atoms. The van der Waals surface area contributed by atoms with Crippen molar-refractivity contribution in [3.8, 4) is 0 Å². The van der Waals surface area contributed by atoms with Crippen LogP contribution in [0.25, 0.3) is 0 Å². The number of carbonyl (C=O) groups excluding carboxylic acids is 1. The number of hydrogen-bond donors (Lipinski definition) is 2. The summed E-state index contributed by atoms with van der Waals surface area (Å²) in [4.78, 5) is 16.3. The Bertz CT molecular complexity index is 1000. The van der Waals surface area contributed by atoms with Gasteiger partial charge < -0.3 is 15.4 Å². The fraction of sp³-hybridized carbons (Fsp3) is 0.364. The molecule has 1 amide bonds. The van der Waals surface area contributed by atoms with E-state index in [2.05, 4.69) is 15.6 Å². The van der Waals surface area contributed by atoms with Gasteiger partial charge in [0.25, 0.3) is 0 Å². The minimum atomic E-state index is -4.56. The smallest absolute Gasteiger partial charge is 0.384 e. The van der Waals surface area contributed by atoms with Gasteiger partial charge in [-0.2, -0.15) is 13.2 Å². The van der Waals surface area contributed by atoms with E-state index < -0.39 is 29.4 Å². The van der Waals surface area contributed by atoms with Crippen molar-refractivity contribution in [2.45, 2.75) is 24.9 Å². The van der Waals surface area contributed by atoms with Crippen molar-refractivity contribution >= 4 is 29.2 Å².